The molecule has 0 fully saturated rings. The van der Waals surface area contributed by atoms with Gasteiger partial charge in [0.1, 0.15) is 5.56 Å². The molecule has 6 heteroatoms. The van der Waals surface area contributed by atoms with Crippen molar-refractivity contribution in [3.8, 4) is 0 Å². The Labute approximate surface area is 146 Å². The number of nitrogens with one attached hydrogen (secondary N) is 1. The molecule has 0 radical (unpaired) electrons. The Balaban J connectivity index is 2.39. The number of hydrogen-bond acceptors (Lipinski definition) is 4. The highest BCUT2D eigenvalue weighted by molar-refractivity contribution is 6.00. The first kappa shape index (κ1) is 18.6. The number of unbranched alkanes of at least 4 members (excludes halogenated alkanes) is 1. The van der Waals surface area contributed by atoms with E-state index in [9.17, 15) is 14.4 Å². The van der Waals surface area contributed by atoms with Gasteiger partial charge in [0.25, 0.3) is 11.5 Å². The van der Waals surface area contributed by atoms with Crippen molar-refractivity contribution in [2.75, 3.05) is 13.6 Å². The smallest absolute Gasteiger partial charge is 0.263 e. The minimum Gasteiger partial charge on any atom is -0.355 e. The Morgan fingerprint density at radius 2 is 1.88 bits per heavy atom. The molecule has 0 spiro atoms. The fourth-order valence-electron chi connectivity index (χ4n) is 2.56. The number of benzene rings is 1. The number of pyridine rings is 1. The van der Waals surface area contributed by atoms with Gasteiger partial charge < -0.3 is 15.6 Å². The van der Waals surface area contributed by atoms with Gasteiger partial charge in [-0.05, 0) is 31.0 Å². The summed E-state index contributed by atoms with van der Waals surface area (Å²) < 4.78 is 1.41. The molecule has 0 aliphatic heterocycles. The normalized spacial score (nSPS) is 10.5. The minimum atomic E-state index is -0.497. The zero-order chi connectivity index (χ0) is 18.2. The third kappa shape index (κ3) is 4.87. The Morgan fingerprint density at radius 3 is 2.52 bits per heavy atom. The van der Waals surface area contributed by atoms with Crippen LogP contribution in [0, 0.1) is 0 Å². The zero-order valence-corrected chi connectivity index (χ0v) is 14.3. The number of carbonyl (C=O) groups is 2. The summed E-state index contributed by atoms with van der Waals surface area (Å²) in [5, 5.41) is 2.45. The van der Waals surface area contributed by atoms with Crippen LogP contribution in [0.25, 0.3) is 0 Å². The summed E-state index contributed by atoms with van der Waals surface area (Å²) in [6.45, 7) is 0.831. The van der Waals surface area contributed by atoms with Gasteiger partial charge in [-0.1, -0.05) is 30.3 Å². The van der Waals surface area contributed by atoms with Gasteiger partial charge in [-0.3, -0.25) is 14.4 Å². The van der Waals surface area contributed by atoms with Gasteiger partial charge >= 0.3 is 0 Å². The molecule has 0 aliphatic rings. The van der Waals surface area contributed by atoms with Gasteiger partial charge in [-0.15, -0.1) is 0 Å². The fourth-order valence-corrected chi connectivity index (χ4v) is 2.56. The number of aromatic nitrogens is 1. The molecule has 25 heavy (non-hydrogen) atoms. The summed E-state index contributed by atoms with van der Waals surface area (Å²) in [6.07, 6.45) is 3.32. The van der Waals surface area contributed by atoms with E-state index in [1.807, 2.05) is 30.3 Å². The van der Waals surface area contributed by atoms with Crippen molar-refractivity contribution in [3.63, 3.8) is 0 Å². The molecule has 132 valence electrons. The maximum absolute atomic E-state index is 12.6. The lowest BCUT2D eigenvalue weighted by Gasteiger charge is -2.11. The van der Waals surface area contributed by atoms with Crippen LogP contribution in [0.15, 0.2) is 47.4 Å². The maximum Gasteiger partial charge on any atom is 0.263 e. The first-order valence-electron chi connectivity index (χ1n) is 8.30. The van der Waals surface area contributed by atoms with Crippen LogP contribution in [0.2, 0.25) is 0 Å². The Hall–Kier alpha value is -2.73. The summed E-state index contributed by atoms with van der Waals surface area (Å²) in [6, 6.07) is 10.8. The molecule has 3 N–H and O–H groups in total. The summed E-state index contributed by atoms with van der Waals surface area (Å²) in [5.41, 5.74) is 6.30. The van der Waals surface area contributed by atoms with E-state index >= 15 is 0 Å². The molecule has 1 aromatic heterocycles. The number of amides is 1. The summed E-state index contributed by atoms with van der Waals surface area (Å²) in [7, 11) is 1.46. The van der Waals surface area contributed by atoms with E-state index < -0.39 is 11.5 Å². The topological polar surface area (TPSA) is 94.2 Å². The quantitative estimate of drug-likeness (QED) is 0.563. The number of carbonyl (C=O) groups excluding carboxylic acids is 2. The average molecular weight is 341 g/mol. The van der Waals surface area contributed by atoms with Crippen LogP contribution in [0.1, 0.15) is 45.5 Å². The van der Waals surface area contributed by atoms with Gasteiger partial charge in [-0.2, -0.15) is 0 Å². The number of hydrogen-bond donors (Lipinski definition) is 2. The molecule has 1 heterocycles. The lowest BCUT2D eigenvalue weighted by Crippen LogP contribution is -2.32. The Bertz CT molecular complexity index is 797. The zero-order valence-electron chi connectivity index (χ0n) is 14.3. The van der Waals surface area contributed by atoms with Gasteiger partial charge in [0, 0.05) is 25.2 Å². The molecule has 2 aromatic rings. The van der Waals surface area contributed by atoms with Crippen LogP contribution in [0.5, 0.6) is 0 Å². The fraction of sp³-hybridized carbons (Fsp3) is 0.316. The minimum absolute atomic E-state index is 0.0249. The number of ketones is 1. The number of nitrogens with zero attached hydrogens (tertiary/aromatic N) is 1. The van der Waals surface area contributed by atoms with Crippen LogP contribution in [0.3, 0.4) is 0 Å². The second kappa shape index (κ2) is 8.94. The van der Waals surface area contributed by atoms with Crippen LogP contribution < -0.4 is 16.6 Å². The van der Waals surface area contributed by atoms with E-state index in [4.69, 9.17) is 5.73 Å². The molecular formula is C19H23N3O3. The molecule has 1 aromatic carbocycles. The van der Waals surface area contributed by atoms with E-state index in [1.165, 1.54) is 23.9 Å². The van der Waals surface area contributed by atoms with Crippen LogP contribution in [-0.2, 0) is 6.54 Å². The van der Waals surface area contributed by atoms with Crippen molar-refractivity contribution in [1.82, 2.24) is 9.88 Å². The van der Waals surface area contributed by atoms with Gasteiger partial charge in [0.15, 0.2) is 5.78 Å². The summed E-state index contributed by atoms with van der Waals surface area (Å²) >= 11 is 0. The van der Waals surface area contributed by atoms with E-state index in [0.717, 1.165) is 12.0 Å². The lowest BCUT2D eigenvalue weighted by molar-refractivity contribution is 0.0961. The largest absolute Gasteiger partial charge is 0.355 e. The average Bonchev–Trinajstić information content (AvgIpc) is 2.63. The van der Waals surface area contributed by atoms with Crippen molar-refractivity contribution >= 4 is 11.7 Å². The molecule has 0 atom stereocenters. The van der Waals surface area contributed by atoms with Gasteiger partial charge in [0.05, 0.1) is 6.54 Å². The SMILES string of the molecule is CNC(=O)c1cc(C(=O)CCCCN)cn(Cc2ccccc2)c1=O. The third-order valence-corrected chi connectivity index (χ3v) is 3.93. The van der Waals surface area contributed by atoms with Crippen molar-refractivity contribution in [3.05, 3.63) is 69.6 Å². The van der Waals surface area contributed by atoms with E-state index in [-0.39, 0.29) is 11.3 Å². The molecule has 0 saturated heterocycles. The van der Waals surface area contributed by atoms with Crippen molar-refractivity contribution in [1.29, 1.82) is 0 Å². The van der Waals surface area contributed by atoms with E-state index in [2.05, 4.69) is 5.32 Å². The molecular weight excluding hydrogens is 318 g/mol. The molecule has 2 rings (SSSR count). The second-order valence-electron chi connectivity index (χ2n) is 5.81. The molecule has 0 aliphatic carbocycles. The first-order chi connectivity index (χ1) is 12.1. The Kier molecular flexibility index (Phi) is 6.65. The van der Waals surface area contributed by atoms with Gasteiger partial charge in [-0.25, -0.2) is 0 Å². The number of rotatable bonds is 8. The second-order valence-corrected chi connectivity index (χ2v) is 5.81. The molecule has 0 unspecified atom stereocenters. The van der Waals surface area contributed by atoms with Crippen molar-refractivity contribution in [2.24, 2.45) is 5.73 Å². The monoisotopic (exact) mass is 341 g/mol. The van der Waals surface area contributed by atoms with Crippen LogP contribution >= 0.6 is 0 Å². The molecule has 0 bridgehead atoms. The third-order valence-electron chi connectivity index (χ3n) is 3.93. The van der Waals surface area contributed by atoms with E-state index in [0.29, 0.717) is 31.5 Å². The standard InChI is InChI=1S/C19H23N3O3/c1-21-18(24)16-11-15(17(23)9-5-6-10-20)13-22(19(16)25)12-14-7-3-2-4-8-14/h2-4,7-8,11,13H,5-6,9-10,12,20H2,1H3,(H,21,24). The van der Waals surface area contributed by atoms with Crippen LogP contribution in [0.4, 0.5) is 0 Å². The lowest BCUT2D eigenvalue weighted by atomic mass is 10.0. The highest BCUT2D eigenvalue weighted by Gasteiger charge is 2.16. The molecule has 0 saturated carbocycles. The molecule has 1 amide bonds. The van der Waals surface area contributed by atoms with Gasteiger partial charge in [0.2, 0.25) is 0 Å². The van der Waals surface area contributed by atoms with E-state index in [1.54, 1.807) is 0 Å². The van der Waals surface area contributed by atoms with Crippen LogP contribution in [-0.4, -0.2) is 29.8 Å². The summed E-state index contributed by atoms with van der Waals surface area (Å²) in [4.78, 5) is 37.0. The first-order valence-corrected chi connectivity index (χ1v) is 8.30. The maximum atomic E-state index is 12.6. The highest BCUT2D eigenvalue weighted by Crippen LogP contribution is 2.09. The Morgan fingerprint density at radius 1 is 1.16 bits per heavy atom. The van der Waals surface area contributed by atoms with Crippen molar-refractivity contribution in [2.45, 2.75) is 25.8 Å². The number of nitrogens with two attached hydrogens (primary N) is 1. The number of Topliss-reactive ketones (excluding diaryl/α,β-unsaturated/α-hetero) is 1. The highest BCUT2D eigenvalue weighted by atomic mass is 16.2. The predicted molar refractivity (Wildman–Crippen MR) is 96.9 cm³/mol. The van der Waals surface area contributed by atoms with Crippen molar-refractivity contribution < 1.29 is 9.59 Å². The molecule has 6 nitrogen and oxygen atoms in total. The predicted octanol–water partition coefficient (Wildman–Crippen LogP) is 1.57. The summed E-state index contributed by atoms with van der Waals surface area (Å²) in [5.74, 6) is -0.594.